The Balaban J connectivity index is 2.13. The Bertz CT molecular complexity index is 500. The van der Waals surface area contributed by atoms with Gasteiger partial charge in [-0.05, 0) is 18.6 Å². The molecular weight excluding hydrogens is 250 g/mol. The molecule has 0 aromatic heterocycles. The quantitative estimate of drug-likeness (QED) is 0.831. The minimum Gasteiger partial charge on any atom is -0.493 e. The van der Waals surface area contributed by atoms with E-state index in [2.05, 4.69) is 5.32 Å². The molecule has 1 aliphatic heterocycles. The first-order chi connectivity index (χ1) is 9.11. The van der Waals surface area contributed by atoms with Crippen molar-refractivity contribution in [2.24, 2.45) is 0 Å². The van der Waals surface area contributed by atoms with Crippen LogP contribution in [0.4, 0.5) is 0 Å². The highest BCUT2D eigenvalue weighted by molar-refractivity contribution is 5.92. The summed E-state index contributed by atoms with van der Waals surface area (Å²) in [5.41, 5.74) is 0.0451. The number of amides is 1. The van der Waals surface area contributed by atoms with Gasteiger partial charge in [-0.2, -0.15) is 0 Å². The molecule has 1 heterocycles. The van der Waals surface area contributed by atoms with Gasteiger partial charge in [0.15, 0.2) is 11.5 Å². The number of methoxy groups -OCH3 is 1. The second-order valence-corrected chi connectivity index (χ2v) is 4.26. The summed E-state index contributed by atoms with van der Waals surface area (Å²) < 4.78 is 10.6. The third kappa shape index (κ3) is 2.96. The molecular formula is C13H15NO5. The second-order valence-electron chi connectivity index (χ2n) is 4.26. The van der Waals surface area contributed by atoms with Crippen LogP contribution >= 0.6 is 0 Å². The van der Waals surface area contributed by atoms with Crippen LogP contribution in [-0.4, -0.2) is 36.7 Å². The maximum Gasteiger partial charge on any atom is 0.339 e. The van der Waals surface area contributed by atoms with E-state index in [0.717, 1.165) is 0 Å². The molecule has 1 aromatic rings. The first kappa shape index (κ1) is 13.2. The van der Waals surface area contributed by atoms with E-state index in [1.807, 2.05) is 0 Å². The number of benzene rings is 1. The standard InChI is InChI=1S/C13H15NO5/c1-18-10-4-2-3-9(13(16)17)12(10)19-7-8-5-6-11(15)14-8/h2-4,8H,5-7H2,1H3,(H,14,15)(H,16,17). The van der Waals surface area contributed by atoms with Gasteiger partial charge in [0.05, 0.1) is 13.2 Å². The summed E-state index contributed by atoms with van der Waals surface area (Å²) in [6.45, 7) is 0.229. The van der Waals surface area contributed by atoms with Crippen LogP contribution in [0.3, 0.4) is 0 Å². The van der Waals surface area contributed by atoms with Crippen molar-refractivity contribution < 1.29 is 24.2 Å². The van der Waals surface area contributed by atoms with Crippen LogP contribution in [0.5, 0.6) is 11.5 Å². The Morgan fingerprint density at radius 2 is 2.32 bits per heavy atom. The molecule has 0 aliphatic carbocycles. The zero-order chi connectivity index (χ0) is 13.8. The van der Waals surface area contributed by atoms with Crippen molar-refractivity contribution >= 4 is 11.9 Å². The van der Waals surface area contributed by atoms with Gasteiger partial charge in [0.25, 0.3) is 0 Å². The van der Waals surface area contributed by atoms with Gasteiger partial charge < -0.3 is 19.9 Å². The van der Waals surface area contributed by atoms with Gasteiger partial charge in [0.2, 0.25) is 5.91 Å². The van der Waals surface area contributed by atoms with E-state index in [1.54, 1.807) is 12.1 Å². The van der Waals surface area contributed by atoms with E-state index in [-0.39, 0.29) is 29.9 Å². The predicted octanol–water partition coefficient (Wildman–Crippen LogP) is 1.05. The Hall–Kier alpha value is -2.24. The van der Waals surface area contributed by atoms with Gasteiger partial charge in [-0.1, -0.05) is 6.07 Å². The highest BCUT2D eigenvalue weighted by atomic mass is 16.5. The molecule has 2 rings (SSSR count). The number of carboxylic acid groups (broad SMARTS) is 1. The number of hydrogen-bond donors (Lipinski definition) is 2. The normalized spacial score (nSPS) is 17.9. The molecule has 0 radical (unpaired) electrons. The first-order valence-corrected chi connectivity index (χ1v) is 5.94. The van der Waals surface area contributed by atoms with Crippen LogP contribution in [0.1, 0.15) is 23.2 Å². The van der Waals surface area contributed by atoms with Gasteiger partial charge >= 0.3 is 5.97 Å². The Morgan fingerprint density at radius 3 is 2.89 bits per heavy atom. The van der Waals surface area contributed by atoms with Crippen molar-refractivity contribution in [1.82, 2.24) is 5.32 Å². The van der Waals surface area contributed by atoms with Crippen LogP contribution in [0.2, 0.25) is 0 Å². The molecule has 6 heteroatoms. The van der Waals surface area contributed by atoms with Crippen molar-refractivity contribution in [3.8, 4) is 11.5 Å². The lowest BCUT2D eigenvalue weighted by Crippen LogP contribution is -2.31. The van der Waals surface area contributed by atoms with Crippen molar-refractivity contribution in [2.75, 3.05) is 13.7 Å². The number of para-hydroxylation sites is 1. The molecule has 1 saturated heterocycles. The number of ether oxygens (including phenoxy) is 2. The Kier molecular flexibility index (Phi) is 3.89. The minimum absolute atomic E-state index is 0.00733. The number of aromatic carboxylic acids is 1. The number of hydrogen-bond acceptors (Lipinski definition) is 4. The smallest absolute Gasteiger partial charge is 0.339 e. The number of rotatable bonds is 5. The van der Waals surface area contributed by atoms with Gasteiger partial charge in [-0.15, -0.1) is 0 Å². The van der Waals surface area contributed by atoms with E-state index in [1.165, 1.54) is 13.2 Å². The summed E-state index contributed by atoms with van der Waals surface area (Å²) >= 11 is 0. The monoisotopic (exact) mass is 265 g/mol. The lowest BCUT2D eigenvalue weighted by molar-refractivity contribution is -0.119. The lowest BCUT2D eigenvalue weighted by atomic mass is 10.2. The average Bonchev–Trinajstić information content (AvgIpc) is 2.81. The summed E-state index contributed by atoms with van der Waals surface area (Å²) in [4.78, 5) is 22.2. The maximum atomic E-state index is 11.1. The summed E-state index contributed by atoms with van der Waals surface area (Å²) in [5.74, 6) is -0.528. The van der Waals surface area contributed by atoms with Crippen molar-refractivity contribution in [3.05, 3.63) is 23.8 Å². The fraction of sp³-hybridized carbons (Fsp3) is 0.385. The summed E-state index contributed by atoms with van der Waals surface area (Å²) in [5, 5.41) is 11.9. The zero-order valence-corrected chi connectivity index (χ0v) is 10.5. The van der Waals surface area contributed by atoms with E-state index >= 15 is 0 Å². The molecule has 6 nitrogen and oxygen atoms in total. The number of carbonyl (C=O) groups excluding carboxylic acids is 1. The fourth-order valence-corrected chi connectivity index (χ4v) is 1.98. The molecule has 1 amide bonds. The highest BCUT2D eigenvalue weighted by Crippen LogP contribution is 2.31. The minimum atomic E-state index is -1.08. The molecule has 1 atom stereocenters. The molecule has 1 fully saturated rings. The van der Waals surface area contributed by atoms with Crippen molar-refractivity contribution in [1.29, 1.82) is 0 Å². The zero-order valence-electron chi connectivity index (χ0n) is 10.5. The van der Waals surface area contributed by atoms with E-state index in [9.17, 15) is 9.59 Å². The van der Waals surface area contributed by atoms with Crippen LogP contribution in [-0.2, 0) is 4.79 Å². The topological polar surface area (TPSA) is 84.9 Å². The van der Waals surface area contributed by atoms with Gasteiger partial charge in [0, 0.05) is 6.42 Å². The average molecular weight is 265 g/mol. The molecule has 1 aliphatic rings. The summed E-state index contributed by atoms with van der Waals surface area (Å²) in [6, 6.07) is 4.59. The van der Waals surface area contributed by atoms with Gasteiger partial charge in [0.1, 0.15) is 12.2 Å². The molecule has 1 aromatic carbocycles. The predicted molar refractivity (Wildman–Crippen MR) is 66.6 cm³/mol. The van der Waals surface area contributed by atoms with E-state index in [4.69, 9.17) is 14.6 Å². The van der Waals surface area contributed by atoms with Crippen molar-refractivity contribution in [2.45, 2.75) is 18.9 Å². The third-order valence-electron chi connectivity index (χ3n) is 2.94. The van der Waals surface area contributed by atoms with Crippen LogP contribution in [0.15, 0.2) is 18.2 Å². The molecule has 0 spiro atoms. The number of nitrogens with one attached hydrogen (secondary N) is 1. The largest absolute Gasteiger partial charge is 0.493 e. The van der Waals surface area contributed by atoms with Crippen LogP contribution < -0.4 is 14.8 Å². The summed E-state index contributed by atoms with van der Waals surface area (Å²) in [6.07, 6.45) is 1.17. The fourth-order valence-electron chi connectivity index (χ4n) is 1.98. The Morgan fingerprint density at radius 1 is 1.53 bits per heavy atom. The van der Waals surface area contributed by atoms with Crippen molar-refractivity contribution in [3.63, 3.8) is 0 Å². The molecule has 0 saturated carbocycles. The third-order valence-corrected chi connectivity index (χ3v) is 2.94. The molecule has 2 N–H and O–H groups in total. The lowest BCUT2D eigenvalue weighted by Gasteiger charge is -2.16. The van der Waals surface area contributed by atoms with Gasteiger partial charge in [-0.25, -0.2) is 4.79 Å². The van der Waals surface area contributed by atoms with Crippen LogP contribution in [0.25, 0.3) is 0 Å². The molecule has 1 unspecified atom stereocenters. The second kappa shape index (κ2) is 5.60. The Labute approximate surface area is 110 Å². The SMILES string of the molecule is COc1cccc(C(=O)O)c1OCC1CCC(=O)N1. The molecule has 102 valence electrons. The van der Waals surface area contributed by atoms with Crippen LogP contribution in [0, 0.1) is 0 Å². The maximum absolute atomic E-state index is 11.1. The molecule has 19 heavy (non-hydrogen) atoms. The van der Waals surface area contributed by atoms with E-state index < -0.39 is 5.97 Å². The van der Waals surface area contributed by atoms with Gasteiger partial charge in [-0.3, -0.25) is 4.79 Å². The van der Waals surface area contributed by atoms with E-state index in [0.29, 0.717) is 18.6 Å². The molecule has 0 bridgehead atoms. The number of carbonyl (C=O) groups is 2. The first-order valence-electron chi connectivity index (χ1n) is 5.94. The number of carboxylic acids is 1. The highest BCUT2D eigenvalue weighted by Gasteiger charge is 2.23. The summed E-state index contributed by atoms with van der Waals surface area (Å²) in [7, 11) is 1.45.